The van der Waals surface area contributed by atoms with E-state index in [1.54, 1.807) is 0 Å². The molecule has 8 nitrogen and oxygen atoms in total. The molecule has 34 heavy (non-hydrogen) atoms. The van der Waals surface area contributed by atoms with E-state index in [9.17, 15) is 14.9 Å². The number of hydrogen-bond acceptors (Lipinski definition) is 7. The number of rotatable bonds is 11. The molecule has 1 atom stereocenters. The maximum absolute atomic E-state index is 13.4. The normalized spacial score (nSPS) is 11.5. The number of thiophene rings is 1. The highest BCUT2D eigenvalue weighted by atomic mass is 32.1. The zero-order chi connectivity index (χ0) is 24.7. The monoisotopic (exact) mass is 484 g/mol. The molecule has 0 aliphatic rings. The molecular weight excluding hydrogens is 456 g/mol. The summed E-state index contributed by atoms with van der Waals surface area (Å²) in [6.45, 7) is 2.15. The van der Waals surface area contributed by atoms with Crippen LogP contribution < -0.4 is 19.5 Å². The van der Waals surface area contributed by atoms with Crippen LogP contribution in [0, 0.1) is 10.1 Å². The highest BCUT2D eigenvalue weighted by Gasteiger charge is 2.33. The number of nitro groups is 1. The molecule has 0 fully saturated rings. The zero-order valence-corrected chi connectivity index (χ0v) is 20.4. The van der Waals surface area contributed by atoms with Gasteiger partial charge >= 0.3 is 5.69 Å². The summed E-state index contributed by atoms with van der Waals surface area (Å²) in [6, 6.07) is 12.7. The van der Waals surface area contributed by atoms with Gasteiger partial charge in [0.15, 0.2) is 5.75 Å². The van der Waals surface area contributed by atoms with Gasteiger partial charge in [0.2, 0.25) is 11.5 Å². The van der Waals surface area contributed by atoms with Crippen molar-refractivity contribution in [1.82, 2.24) is 5.32 Å². The minimum Gasteiger partial charge on any atom is -0.493 e. The molecule has 1 unspecified atom stereocenters. The lowest BCUT2D eigenvalue weighted by Gasteiger charge is -2.20. The minimum atomic E-state index is -0.654. The summed E-state index contributed by atoms with van der Waals surface area (Å²) in [5.74, 6) is -0.599. The number of carbonyl (C=O) groups excluding carboxylic acids is 1. The van der Waals surface area contributed by atoms with Crippen molar-refractivity contribution in [3.8, 4) is 17.2 Å². The van der Waals surface area contributed by atoms with Crippen LogP contribution in [-0.4, -0.2) is 32.2 Å². The Labute approximate surface area is 202 Å². The Balaban J connectivity index is 2.03. The molecule has 3 rings (SSSR count). The lowest BCUT2D eigenvalue weighted by Crippen LogP contribution is -2.29. The summed E-state index contributed by atoms with van der Waals surface area (Å²) in [4.78, 5) is 25.6. The van der Waals surface area contributed by atoms with E-state index >= 15 is 0 Å². The second-order valence-corrected chi connectivity index (χ2v) is 8.54. The first-order chi connectivity index (χ1) is 16.4. The third-order valence-corrected chi connectivity index (χ3v) is 6.40. The van der Waals surface area contributed by atoms with Gasteiger partial charge in [-0.3, -0.25) is 14.9 Å². The third-order valence-electron chi connectivity index (χ3n) is 5.47. The van der Waals surface area contributed by atoms with E-state index in [1.807, 2.05) is 29.6 Å². The number of aryl methyl sites for hydroxylation is 1. The van der Waals surface area contributed by atoms with E-state index in [2.05, 4.69) is 24.4 Å². The SMILES string of the molecule is CCCCc1ccc(C(NC(=O)c2cc(OC)c(OC)c(OC)c2[N+](=O)[O-])c2cccs2)cc1. The van der Waals surface area contributed by atoms with Crippen LogP contribution in [0.3, 0.4) is 0 Å². The number of ether oxygens (including phenoxy) is 3. The lowest BCUT2D eigenvalue weighted by molar-refractivity contribution is -0.386. The molecule has 0 saturated carbocycles. The first-order valence-electron chi connectivity index (χ1n) is 10.9. The Kier molecular flexibility index (Phi) is 8.48. The summed E-state index contributed by atoms with van der Waals surface area (Å²) >= 11 is 1.50. The molecule has 1 aromatic heterocycles. The molecule has 0 saturated heterocycles. The van der Waals surface area contributed by atoms with Crippen LogP contribution in [0.25, 0.3) is 0 Å². The van der Waals surface area contributed by atoms with Gasteiger partial charge in [-0.05, 0) is 35.4 Å². The predicted octanol–water partition coefficient (Wildman–Crippen LogP) is 5.54. The average molecular weight is 485 g/mol. The van der Waals surface area contributed by atoms with Crippen LogP contribution in [0.15, 0.2) is 47.8 Å². The second-order valence-electron chi connectivity index (χ2n) is 7.57. The van der Waals surface area contributed by atoms with Crippen molar-refractivity contribution in [2.24, 2.45) is 0 Å². The molecule has 2 aromatic carbocycles. The standard InChI is InChI=1S/C25H28N2O6S/c1-5-6-8-16-10-12-17(13-11-16)21(20-9-7-14-34-20)26-25(28)18-15-19(31-2)23(32-3)24(33-4)22(18)27(29)30/h7,9-15,21H,5-6,8H2,1-4H3,(H,26,28). The Morgan fingerprint density at radius 2 is 1.79 bits per heavy atom. The molecule has 0 bridgehead atoms. The molecule has 9 heteroatoms. The highest BCUT2D eigenvalue weighted by molar-refractivity contribution is 7.10. The molecule has 0 spiro atoms. The number of nitrogens with one attached hydrogen (secondary N) is 1. The van der Waals surface area contributed by atoms with Gasteiger partial charge in [-0.2, -0.15) is 0 Å². The predicted molar refractivity (Wildman–Crippen MR) is 131 cm³/mol. The van der Waals surface area contributed by atoms with Crippen molar-refractivity contribution in [2.75, 3.05) is 21.3 Å². The minimum absolute atomic E-state index is 0.0470. The van der Waals surface area contributed by atoms with Gasteiger partial charge in [-0.1, -0.05) is 43.7 Å². The first-order valence-corrected chi connectivity index (χ1v) is 11.7. The molecule has 1 N–H and O–H groups in total. The van der Waals surface area contributed by atoms with Crippen LogP contribution in [-0.2, 0) is 6.42 Å². The topological polar surface area (TPSA) is 99.9 Å². The van der Waals surface area contributed by atoms with E-state index in [0.717, 1.165) is 29.7 Å². The van der Waals surface area contributed by atoms with Gasteiger partial charge in [0.25, 0.3) is 5.91 Å². The molecular formula is C25H28N2O6S. The summed E-state index contributed by atoms with van der Waals surface area (Å²) in [5, 5.41) is 16.8. The van der Waals surface area contributed by atoms with Crippen LogP contribution in [0.1, 0.15) is 52.2 Å². The van der Waals surface area contributed by atoms with E-state index < -0.39 is 22.6 Å². The molecule has 0 radical (unpaired) electrons. The number of carbonyl (C=O) groups is 1. The van der Waals surface area contributed by atoms with Crippen molar-refractivity contribution < 1.29 is 23.9 Å². The number of nitrogens with zero attached hydrogens (tertiary/aromatic N) is 1. The number of benzene rings is 2. The number of unbranched alkanes of at least 4 members (excludes halogenated alkanes) is 1. The van der Waals surface area contributed by atoms with E-state index in [4.69, 9.17) is 14.2 Å². The van der Waals surface area contributed by atoms with Crippen LogP contribution in [0.4, 0.5) is 5.69 Å². The molecule has 0 aliphatic heterocycles. The van der Waals surface area contributed by atoms with Crippen molar-refractivity contribution in [3.63, 3.8) is 0 Å². The Morgan fingerprint density at radius 3 is 2.32 bits per heavy atom. The van der Waals surface area contributed by atoms with Gasteiger partial charge in [0.1, 0.15) is 5.56 Å². The van der Waals surface area contributed by atoms with E-state index in [-0.39, 0.29) is 22.8 Å². The smallest absolute Gasteiger partial charge is 0.327 e. The van der Waals surface area contributed by atoms with Crippen molar-refractivity contribution in [2.45, 2.75) is 32.2 Å². The Morgan fingerprint density at radius 1 is 1.09 bits per heavy atom. The first kappa shape index (κ1) is 25.0. The summed E-state index contributed by atoms with van der Waals surface area (Å²) in [5.41, 5.74) is 1.44. The fourth-order valence-corrected chi connectivity index (χ4v) is 4.54. The molecule has 0 aliphatic carbocycles. The lowest BCUT2D eigenvalue weighted by atomic mass is 10.0. The van der Waals surface area contributed by atoms with Crippen LogP contribution in [0.2, 0.25) is 0 Å². The fraction of sp³-hybridized carbons (Fsp3) is 0.320. The maximum atomic E-state index is 13.4. The van der Waals surface area contributed by atoms with E-state index in [0.29, 0.717) is 0 Å². The van der Waals surface area contributed by atoms with Gasteiger partial charge in [-0.15, -0.1) is 11.3 Å². The van der Waals surface area contributed by atoms with Gasteiger partial charge in [0, 0.05) is 10.9 Å². The summed E-state index contributed by atoms with van der Waals surface area (Å²) < 4.78 is 15.8. The highest BCUT2D eigenvalue weighted by Crippen LogP contribution is 2.46. The number of methoxy groups -OCH3 is 3. The quantitative estimate of drug-likeness (QED) is 0.283. The zero-order valence-electron chi connectivity index (χ0n) is 19.6. The number of hydrogen-bond donors (Lipinski definition) is 1. The second kappa shape index (κ2) is 11.5. The summed E-state index contributed by atoms with van der Waals surface area (Å²) in [6.07, 6.45) is 3.21. The van der Waals surface area contributed by atoms with Gasteiger partial charge in [0.05, 0.1) is 32.3 Å². The fourth-order valence-electron chi connectivity index (χ4n) is 3.74. The Bertz CT molecular complexity index is 1130. The molecule has 180 valence electrons. The van der Waals surface area contributed by atoms with Crippen LogP contribution in [0.5, 0.6) is 17.2 Å². The van der Waals surface area contributed by atoms with Crippen molar-refractivity contribution >= 4 is 22.9 Å². The molecule has 1 heterocycles. The van der Waals surface area contributed by atoms with Gasteiger partial charge < -0.3 is 19.5 Å². The Hall–Kier alpha value is -3.59. The van der Waals surface area contributed by atoms with Crippen LogP contribution >= 0.6 is 11.3 Å². The number of amides is 1. The van der Waals surface area contributed by atoms with Crippen molar-refractivity contribution in [1.29, 1.82) is 0 Å². The largest absolute Gasteiger partial charge is 0.493 e. The maximum Gasteiger partial charge on any atom is 0.327 e. The van der Waals surface area contributed by atoms with E-state index in [1.165, 1.54) is 44.3 Å². The van der Waals surface area contributed by atoms with Gasteiger partial charge in [-0.25, -0.2) is 0 Å². The summed E-state index contributed by atoms with van der Waals surface area (Å²) in [7, 11) is 4.01. The number of nitro benzene ring substituents is 1. The molecule has 1 amide bonds. The average Bonchev–Trinajstić information content (AvgIpc) is 3.39. The third kappa shape index (κ3) is 5.31. The molecule has 3 aromatic rings. The van der Waals surface area contributed by atoms with Crippen molar-refractivity contribution in [3.05, 3.63) is 79.5 Å².